The number of benzene rings is 1. The maximum Gasteiger partial charge on any atom is 0.236 e. The predicted octanol–water partition coefficient (Wildman–Crippen LogP) is 2.58. The molecule has 2 aromatic heterocycles. The van der Waals surface area contributed by atoms with Gasteiger partial charge in [0.15, 0.2) is 5.65 Å². The number of carbonyl (C=O) groups excluding carboxylic acids is 1. The highest BCUT2D eigenvalue weighted by atomic mass is 35.5. The number of aryl methyl sites for hydroxylation is 1. The van der Waals surface area contributed by atoms with Gasteiger partial charge < -0.3 is 9.80 Å². The van der Waals surface area contributed by atoms with Gasteiger partial charge in [-0.2, -0.15) is 5.10 Å². The van der Waals surface area contributed by atoms with Gasteiger partial charge in [0.05, 0.1) is 18.1 Å². The highest BCUT2D eigenvalue weighted by Crippen LogP contribution is 2.23. The van der Waals surface area contributed by atoms with Gasteiger partial charge in [-0.15, -0.1) is 0 Å². The summed E-state index contributed by atoms with van der Waals surface area (Å²) in [6.07, 6.45) is 3.38. The second-order valence-corrected chi connectivity index (χ2v) is 8.64. The van der Waals surface area contributed by atoms with Crippen LogP contribution in [0.15, 0.2) is 36.8 Å². The van der Waals surface area contributed by atoms with Crippen molar-refractivity contribution in [2.45, 2.75) is 26.4 Å². The van der Waals surface area contributed by atoms with Gasteiger partial charge in [-0.1, -0.05) is 23.7 Å². The van der Waals surface area contributed by atoms with Crippen molar-refractivity contribution in [1.82, 2.24) is 29.5 Å². The first-order valence-corrected chi connectivity index (χ1v) is 10.9. The van der Waals surface area contributed by atoms with E-state index in [2.05, 4.69) is 38.7 Å². The maximum atomic E-state index is 13.0. The molecule has 0 bridgehead atoms. The number of hydrogen-bond acceptors (Lipinski definition) is 6. The minimum absolute atomic E-state index is 0.157. The van der Waals surface area contributed by atoms with E-state index in [1.54, 1.807) is 17.2 Å². The molecule has 8 nitrogen and oxygen atoms in total. The number of nitrogens with zero attached hydrogens (tertiary/aromatic N) is 7. The number of aromatic nitrogens is 4. The van der Waals surface area contributed by atoms with Crippen LogP contribution in [0.2, 0.25) is 5.02 Å². The highest BCUT2D eigenvalue weighted by molar-refractivity contribution is 6.30. The molecule has 1 aromatic carbocycles. The third-order valence-electron chi connectivity index (χ3n) is 5.78. The fourth-order valence-electron chi connectivity index (χ4n) is 3.93. The van der Waals surface area contributed by atoms with Crippen LogP contribution in [0.4, 0.5) is 5.82 Å². The van der Waals surface area contributed by atoms with Gasteiger partial charge in [-0.3, -0.25) is 14.4 Å². The van der Waals surface area contributed by atoms with Gasteiger partial charge in [0.2, 0.25) is 5.91 Å². The smallest absolute Gasteiger partial charge is 0.236 e. The zero-order valence-corrected chi connectivity index (χ0v) is 19.0. The van der Waals surface area contributed by atoms with E-state index in [-0.39, 0.29) is 11.9 Å². The molecule has 1 amide bonds. The lowest BCUT2D eigenvalue weighted by molar-refractivity contribution is -0.133. The van der Waals surface area contributed by atoms with Gasteiger partial charge in [-0.05, 0) is 31.5 Å². The number of piperazine rings is 1. The van der Waals surface area contributed by atoms with Crippen molar-refractivity contribution >= 4 is 34.4 Å². The Hall–Kier alpha value is -2.71. The van der Waals surface area contributed by atoms with Crippen LogP contribution in [0, 0.1) is 0 Å². The van der Waals surface area contributed by atoms with Gasteiger partial charge in [0.1, 0.15) is 12.1 Å². The molecular formula is C22H28ClN7O. The summed E-state index contributed by atoms with van der Waals surface area (Å²) in [4.78, 5) is 28.2. The van der Waals surface area contributed by atoms with Crippen LogP contribution in [0.3, 0.4) is 0 Å². The first-order valence-electron chi connectivity index (χ1n) is 10.6. The fourth-order valence-corrected chi connectivity index (χ4v) is 4.15. The third kappa shape index (κ3) is 4.80. The Bertz CT molecular complexity index is 1060. The summed E-state index contributed by atoms with van der Waals surface area (Å²) in [6, 6.07) is 8.08. The minimum atomic E-state index is 0.157. The molecule has 0 radical (unpaired) electrons. The van der Waals surface area contributed by atoms with Gasteiger partial charge >= 0.3 is 0 Å². The van der Waals surface area contributed by atoms with E-state index in [0.29, 0.717) is 26.2 Å². The average Bonchev–Trinajstić information content (AvgIpc) is 3.14. The molecule has 3 heterocycles. The number of carbonyl (C=O) groups is 1. The largest absolute Gasteiger partial charge is 0.352 e. The topological polar surface area (TPSA) is 70.4 Å². The maximum absolute atomic E-state index is 13.0. The van der Waals surface area contributed by atoms with Crippen molar-refractivity contribution in [1.29, 1.82) is 0 Å². The van der Waals surface area contributed by atoms with Crippen LogP contribution < -0.4 is 4.90 Å². The van der Waals surface area contributed by atoms with Crippen molar-refractivity contribution in [2.24, 2.45) is 7.05 Å². The molecular weight excluding hydrogens is 414 g/mol. The molecule has 1 saturated heterocycles. The van der Waals surface area contributed by atoms with Crippen LogP contribution in [0.1, 0.15) is 19.4 Å². The third-order valence-corrected chi connectivity index (χ3v) is 6.02. The van der Waals surface area contributed by atoms with Crippen molar-refractivity contribution < 1.29 is 4.79 Å². The molecule has 4 rings (SSSR count). The number of hydrogen-bond donors (Lipinski definition) is 0. The molecule has 31 heavy (non-hydrogen) atoms. The van der Waals surface area contributed by atoms with Crippen LogP contribution in [0.5, 0.6) is 0 Å². The quantitative estimate of drug-likeness (QED) is 0.585. The summed E-state index contributed by atoms with van der Waals surface area (Å²) in [6.45, 7) is 8.15. The minimum Gasteiger partial charge on any atom is -0.352 e. The fraction of sp³-hybridized carbons (Fsp3) is 0.455. The molecule has 1 aliphatic rings. The first kappa shape index (κ1) is 21.5. The lowest BCUT2D eigenvalue weighted by Crippen LogP contribution is -2.52. The van der Waals surface area contributed by atoms with E-state index < -0.39 is 0 Å². The number of fused-ring (bicyclic) bond motifs is 1. The lowest BCUT2D eigenvalue weighted by atomic mass is 10.2. The van der Waals surface area contributed by atoms with Crippen LogP contribution in [-0.4, -0.2) is 74.2 Å². The zero-order valence-electron chi connectivity index (χ0n) is 18.2. The van der Waals surface area contributed by atoms with Crippen molar-refractivity contribution in [2.75, 3.05) is 37.6 Å². The molecule has 0 N–H and O–H groups in total. The molecule has 0 aliphatic carbocycles. The molecule has 0 unspecified atom stereocenters. The Balaban J connectivity index is 1.38. The zero-order chi connectivity index (χ0) is 22.0. The van der Waals surface area contributed by atoms with Gasteiger partial charge in [0, 0.05) is 50.8 Å². The Morgan fingerprint density at radius 2 is 1.97 bits per heavy atom. The van der Waals surface area contributed by atoms with E-state index in [4.69, 9.17) is 11.6 Å². The molecule has 0 spiro atoms. The summed E-state index contributed by atoms with van der Waals surface area (Å²) in [5, 5.41) is 5.95. The Morgan fingerprint density at radius 3 is 2.68 bits per heavy atom. The summed E-state index contributed by atoms with van der Waals surface area (Å²) in [5.41, 5.74) is 1.93. The number of anilines is 1. The molecule has 1 aliphatic heterocycles. The van der Waals surface area contributed by atoms with E-state index in [1.807, 2.05) is 36.2 Å². The SMILES string of the molecule is CC(C)N(CC(=O)N1CCN(c2ncnc3c2cnn3C)CC1)Cc1cccc(Cl)c1. The molecule has 0 atom stereocenters. The second kappa shape index (κ2) is 9.20. The number of rotatable bonds is 6. The van der Waals surface area contributed by atoms with Gasteiger partial charge in [0.25, 0.3) is 0 Å². The first-order chi connectivity index (χ1) is 14.9. The standard InChI is InChI=1S/C22H28ClN7O/c1-16(2)30(13-17-5-4-6-18(23)11-17)14-20(31)28-7-9-29(10-8-28)22-19-12-26-27(3)21(19)24-15-25-22/h4-6,11-12,15-16H,7-10,13-14H2,1-3H3. The predicted molar refractivity (Wildman–Crippen MR) is 122 cm³/mol. The summed E-state index contributed by atoms with van der Waals surface area (Å²) in [5.74, 6) is 1.04. The number of halogens is 1. The van der Waals surface area contributed by atoms with Crippen LogP contribution >= 0.6 is 11.6 Å². The lowest BCUT2D eigenvalue weighted by Gasteiger charge is -2.37. The Morgan fingerprint density at radius 1 is 1.19 bits per heavy atom. The van der Waals surface area contributed by atoms with Gasteiger partial charge in [-0.25, -0.2) is 9.97 Å². The monoisotopic (exact) mass is 441 g/mol. The van der Waals surface area contributed by atoms with Crippen molar-refractivity contribution in [3.63, 3.8) is 0 Å². The summed E-state index contributed by atoms with van der Waals surface area (Å²) >= 11 is 6.12. The second-order valence-electron chi connectivity index (χ2n) is 8.20. The number of amides is 1. The molecule has 164 valence electrons. The molecule has 3 aromatic rings. The molecule has 9 heteroatoms. The van der Waals surface area contributed by atoms with Crippen molar-refractivity contribution in [3.05, 3.63) is 47.4 Å². The molecule has 1 fully saturated rings. The Kier molecular flexibility index (Phi) is 6.38. The molecule has 0 saturated carbocycles. The Labute approximate surface area is 187 Å². The van der Waals surface area contributed by atoms with Crippen LogP contribution in [-0.2, 0) is 18.4 Å². The van der Waals surface area contributed by atoms with E-state index >= 15 is 0 Å². The van der Waals surface area contributed by atoms with Crippen LogP contribution in [0.25, 0.3) is 11.0 Å². The highest BCUT2D eigenvalue weighted by Gasteiger charge is 2.25. The normalized spacial score (nSPS) is 14.8. The van der Waals surface area contributed by atoms with Crippen molar-refractivity contribution in [3.8, 4) is 0 Å². The summed E-state index contributed by atoms with van der Waals surface area (Å²) in [7, 11) is 1.87. The average molecular weight is 442 g/mol. The van der Waals surface area contributed by atoms with E-state index in [1.165, 1.54) is 0 Å². The summed E-state index contributed by atoms with van der Waals surface area (Å²) < 4.78 is 1.75. The van der Waals surface area contributed by atoms with E-state index in [0.717, 1.165) is 40.5 Å². The van der Waals surface area contributed by atoms with E-state index in [9.17, 15) is 4.79 Å².